The Morgan fingerprint density at radius 3 is 3.05 bits per heavy atom. The number of piperidine rings is 1. The van der Waals surface area contributed by atoms with E-state index < -0.39 is 0 Å². The third-order valence-corrected chi connectivity index (χ3v) is 3.37. The lowest BCUT2D eigenvalue weighted by Crippen LogP contribution is -2.40. The minimum Gasteiger partial charge on any atom is -0.356 e. The van der Waals surface area contributed by atoms with Gasteiger partial charge in [-0.3, -0.25) is 9.59 Å². The molecular weight excluding hydrogens is 244 g/mol. The Hall–Kier alpha value is -2.17. The van der Waals surface area contributed by atoms with Crippen LogP contribution in [0.15, 0.2) is 28.8 Å². The van der Waals surface area contributed by atoms with Crippen LogP contribution in [-0.2, 0) is 16.0 Å². The predicted octanol–water partition coefficient (Wildman–Crippen LogP) is 1.56. The first-order valence-corrected chi connectivity index (χ1v) is 6.37. The lowest BCUT2D eigenvalue weighted by Gasteiger charge is -2.25. The number of rotatable bonds is 2. The van der Waals surface area contributed by atoms with Crippen molar-refractivity contribution in [3.8, 4) is 0 Å². The van der Waals surface area contributed by atoms with Gasteiger partial charge in [-0.15, -0.1) is 0 Å². The van der Waals surface area contributed by atoms with E-state index in [0.29, 0.717) is 24.2 Å². The third-order valence-electron chi connectivity index (χ3n) is 3.37. The van der Waals surface area contributed by atoms with Crippen molar-refractivity contribution < 1.29 is 14.1 Å². The van der Waals surface area contributed by atoms with Gasteiger partial charge < -0.3 is 9.42 Å². The van der Waals surface area contributed by atoms with Crippen molar-refractivity contribution in [1.29, 1.82) is 0 Å². The number of likely N-dealkylation sites (tertiary alicyclic amines) is 1. The summed E-state index contributed by atoms with van der Waals surface area (Å²) in [4.78, 5) is 25.1. The highest BCUT2D eigenvalue weighted by Gasteiger charge is 2.23. The first-order valence-electron chi connectivity index (χ1n) is 6.37. The molecule has 3 rings (SSSR count). The average Bonchev–Trinajstić information content (AvgIpc) is 2.82. The van der Waals surface area contributed by atoms with E-state index in [1.165, 1.54) is 0 Å². The highest BCUT2D eigenvalue weighted by molar-refractivity contribution is 5.90. The molecule has 19 heavy (non-hydrogen) atoms. The number of fused-ring (bicyclic) bond motifs is 1. The summed E-state index contributed by atoms with van der Waals surface area (Å²) in [5, 5.41) is 4.80. The Morgan fingerprint density at radius 1 is 1.37 bits per heavy atom. The second-order valence-electron chi connectivity index (χ2n) is 4.76. The first kappa shape index (κ1) is 11.9. The molecule has 0 radical (unpaired) electrons. The van der Waals surface area contributed by atoms with E-state index in [0.717, 1.165) is 11.8 Å². The van der Waals surface area contributed by atoms with Crippen molar-refractivity contribution in [2.75, 3.05) is 13.1 Å². The van der Waals surface area contributed by atoms with Gasteiger partial charge in [-0.2, -0.15) is 0 Å². The Morgan fingerprint density at radius 2 is 2.21 bits per heavy atom. The van der Waals surface area contributed by atoms with Crippen LogP contribution in [0.2, 0.25) is 0 Å². The van der Waals surface area contributed by atoms with E-state index >= 15 is 0 Å². The predicted molar refractivity (Wildman–Crippen MR) is 68.5 cm³/mol. The topological polar surface area (TPSA) is 63.4 Å². The molecule has 5 nitrogen and oxygen atoms in total. The molecule has 98 valence electrons. The number of aromatic nitrogens is 1. The van der Waals surface area contributed by atoms with E-state index in [2.05, 4.69) is 5.16 Å². The molecule has 1 aromatic heterocycles. The molecule has 0 aliphatic carbocycles. The molecule has 1 amide bonds. The van der Waals surface area contributed by atoms with Crippen LogP contribution in [0.1, 0.15) is 18.5 Å². The number of nitrogens with zero attached hydrogens (tertiary/aromatic N) is 2. The van der Waals surface area contributed by atoms with Crippen LogP contribution < -0.4 is 0 Å². The minimum atomic E-state index is -0.0629. The van der Waals surface area contributed by atoms with Crippen molar-refractivity contribution in [3.05, 3.63) is 30.0 Å². The molecule has 1 saturated heterocycles. The number of carbonyl (C=O) groups excluding carboxylic acids is 2. The van der Waals surface area contributed by atoms with E-state index in [1.54, 1.807) is 4.90 Å². The van der Waals surface area contributed by atoms with Crippen molar-refractivity contribution in [3.63, 3.8) is 0 Å². The molecule has 1 fully saturated rings. The second kappa shape index (κ2) is 4.84. The molecule has 0 N–H and O–H groups in total. The number of para-hydroxylation sites is 1. The monoisotopic (exact) mass is 258 g/mol. The van der Waals surface area contributed by atoms with Crippen LogP contribution in [0.3, 0.4) is 0 Å². The molecule has 5 heteroatoms. The highest BCUT2D eigenvalue weighted by atomic mass is 16.5. The molecule has 1 aliphatic heterocycles. The first-order chi connectivity index (χ1) is 9.24. The van der Waals surface area contributed by atoms with Gasteiger partial charge in [0.05, 0.1) is 13.0 Å². The summed E-state index contributed by atoms with van der Waals surface area (Å²) in [5.74, 6) is 0.0664. The smallest absolute Gasteiger partial charge is 0.229 e. The third kappa shape index (κ3) is 2.36. The van der Waals surface area contributed by atoms with Crippen molar-refractivity contribution in [2.45, 2.75) is 19.3 Å². The Kier molecular flexibility index (Phi) is 3.03. The Balaban J connectivity index is 1.77. The molecule has 0 unspecified atom stereocenters. The molecular formula is C14H14N2O3. The van der Waals surface area contributed by atoms with Gasteiger partial charge in [-0.1, -0.05) is 17.3 Å². The minimum absolute atomic E-state index is 0.0629. The van der Waals surface area contributed by atoms with Gasteiger partial charge in [-0.05, 0) is 18.6 Å². The van der Waals surface area contributed by atoms with E-state index in [1.807, 2.05) is 24.3 Å². The fraction of sp³-hybridized carbons (Fsp3) is 0.357. The zero-order valence-corrected chi connectivity index (χ0v) is 10.5. The van der Waals surface area contributed by atoms with Crippen molar-refractivity contribution in [1.82, 2.24) is 10.1 Å². The Labute approximate surface area is 110 Å². The van der Waals surface area contributed by atoms with Crippen LogP contribution in [0.5, 0.6) is 0 Å². The maximum Gasteiger partial charge on any atom is 0.229 e. The molecule has 0 spiro atoms. The summed E-state index contributed by atoms with van der Waals surface area (Å²) in [6, 6.07) is 7.46. The molecule has 0 atom stereocenters. The van der Waals surface area contributed by atoms with Crippen LogP contribution in [-0.4, -0.2) is 34.8 Å². The van der Waals surface area contributed by atoms with Gasteiger partial charge >= 0.3 is 0 Å². The van der Waals surface area contributed by atoms with Gasteiger partial charge in [0.25, 0.3) is 0 Å². The summed E-state index contributed by atoms with van der Waals surface area (Å²) in [5.41, 5.74) is 1.32. The van der Waals surface area contributed by atoms with Gasteiger partial charge in [0.1, 0.15) is 5.69 Å². The molecule has 2 heterocycles. The van der Waals surface area contributed by atoms with Crippen LogP contribution in [0.4, 0.5) is 0 Å². The number of ketones is 1. The maximum absolute atomic E-state index is 12.1. The Bertz CT molecular complexity index is 632. The zero-order valence-electron chi connectivity index (χ0n) is 10.5. The summed E-state index contributed by atoms with van der Waals surface area (Å²) < 4.78 is 5.17. The van der Waals surface area contributed by atoms with Gasteiger partial charge in [0, 0.05) is 18.4 Å². The lowest BCUT2D eigenvalue weighted by molar-refractivity contribution is -0.137. The summed E-state index contributed by atoms with van der Waals surface area (Å²) in [7, 11) is 0. The van der Waals surface area contributed by atoms with Crippen LogP contribution >= 0.6 is 0 Å². The second-order valence-corrected chi connectivity index (χ2v) is 4.76. The molecule has 1 aromatic carbocycles. The summed E-state index contributed by atoms with van der Waals surface area (Å²) in [6.07, 6.45) is 1.52. The number of carbonyl (C=O) groups is 2. The molecule has 0 saturated carbocycles. The molecule has 2 aromatic rings. The standard InChI is InChI=1S/C14H14N2O3/c17-10-4-3-7-16(9-10)14(18)8-12-11-5-1-2-6-13(11)19-15-12/h1-2,5-6H,3-4,7-9H2. The number of benzene rings is 1. The van der Waals surface area contributed by atoms with Crippen molar-refractivity contribution >= 4 is 22.7 Å². The van der Waals surface area contributed by atoms with Crippen LogP contribution in [0.25, 0.3) is 11.0 Å². The zero-order chi connectivity index (χ0) is 13.2. The molecule has 1 aliphatic rings. The van der Waals surface area contributed by atoms with Gasteiger partial charge in [-0.25, -0.2) is 0 Å². The average molecular weight is 258 g/mol. The highest BCUT2D eigenvalue weighted by Crippen LogP contribution is 2.19. The number of hydrogen-bond donors (Lipinski definition) is 0. The lowest BCUT2D eigenvalue weighted by atomic mass is 10.1. The largest absolute Gasteiger partial charge is 0.356 e. The van der Waals surface area contributed by atoms with Gasteiger partial charge in [0.2, 0.25) is 5.91 Å². The quantitative estimate of drug-likeness (QED) is 0.820. The fourth-order valence-corrected chi connectivity index (χ4v) is 2.37. The fourth-order valence-electron chi connectivity index (χ4n) is 2.37. The SMILES string of the molecule is O=C1CCCN(C(=O)Cc2noc3ccccc23)C1. The number of hydrogen-bond acceptors (Lipinski definition) is 4. The van der Waals surface area contributed by atoms with Crippen molar-refractivity contribution in [2.24, 2.45) is 0 Å². The maximum atomic E-state index is 12.1. The normalized spacial score (nSPS) is 16.0. The van der Waals surface area contributed by atoms with E-state index in [9.17, 15) is 9.59 Å². The summed E-state index contributed by atoms with van der Waals surface area (Å²) in [6.45, 7) is 0.884. The van der Waals surface area contributed by atoms with Gasteiger partial charge in [0.15, 0.2) is 11.4 Å². The van der Waals surface area contributed by atoms with E-state index in [-0.39, 0.29) is 24.7 Å². The van der Waals surface area contributed by atoms with E-state index in [4.69, 9.17) is 4.52 Å². The van der Waals surface area contributed by atoms with Crippen LogP contribution in [0, 0.1) is 0 Å². The molecule has 0 bridgehead atoms. The number of amides is 1. The number of Topliss-reactive ketones (excluding diaryl/α,β-unsaturated/α-hetero) is 1. The summed E-state index contributed by atoms with van der Waals surface area (Å²) >= 11 is 0.